The van der Waals surface area contributed by atoms with Crippen molar-refractivity contribution < 1.29 is 14.1 Å². The maximum atomic E-state index is 11.6. The molecule has 0 aliphatic heterocycles. The highest BCUT2D eigenvalue weighted by Crippen LogP contribution is 2.09. The molecule has 2 rings (SSSR count). The van der Waals surface area contributed by atoms with Gasteiger partial charge in [-0.1, -0.05) is 5.16 Å². The van der Waals surface area contributed by atoms with Crippen LogP contribution < -0.4 is 5.32 Å². The average Bonchev–Trinajstić information content (AvgIpc) is 2.94. The number of ether oxygens (including phenoxy) is 1. The lowest BCUT2D eigenvalue weighted by atomic mass is 10.2. The van der Waals surface area contributed by atoms with Gasteiger partial charge in [0.15, 0.2) is 5.76 Å². The van der Waals surface area contributed by atoms with E-state index in [4.69, 9.17) is 9.26 Å². The molecule has 0 atom stereocenters. The van der Waals surface area contributed by atoms with E-state index in [0.29, 0.717) is 13.1 Å². The first-order valence-electron chi connectivity index (χ1n) is 6.71. The van der Waals surface area contributed by atoms with Crippen LogP contribution in [0.2, 0.25) is 0 Å². The van der Waals surface area contributed by atoms with E-state index in [-0.39, 0.29) is 0 Å². The first kappa shape index (κ1) is 15.1. The Hall–Kier alpha value is -2.31. The van der Waals surface area contributed by atoms with Crippen LogP contribution in [-0.4, -0.2) is 26.4 Å². The third kappa shape index (κ3) is 4.62. The second kappa shape index (κ2) is 5.99. The van der Waals surface area contributed by atoms with Crippen molar-refractivity contribution in [3.8, 4) is 0 Å². The Balaban J connectivity index is 1.93. The van der Waals surface area contributed by atoms with Crippen molar-refractivity contribution in [1.29, 1.82) is 0 Å². The highest BCUT2D eigenvalue weighted by Gasteiger charge is 2.16. The predicted octanol–water partition coefficient (Wildman–Crippen LogP) is 2.25. The smallest absolute Gasteiger partial charge is 0.407 e. The predicted molar refractivity (Wildman–Crippen MR) is 75.6 cm³/mol. The zero-order valence-electron chi connectivity index (χ0n) is 12.7. The number of aromatic nitrogens is 3. The van der Waals surface area contributed by atoms with Crippen molar-refractivity contribution >= 4 is 6.09 Å². The topological polar surface area (TPSA) is 82.2 Å². The van der Waals surface area contributed by atoms with Crippen LogP contribution in [0.5, 0.6) is 0 Å². The number of alkyl carbamates (subject to hydrolysis) is 1. The van der Waals surface area contributed by atoms with Crippen LogP contribution in [0.4, 0.5) is 4.79 Å². The molecule has 7 heteroatoms. The largest absolute Gasteiger partial charge is 0.444 e. The summed E-state index contributed by atoms with van der Waals surface area (Å²) in [5, 5.41) is 6.55. The fourth-order valence-corrected chi connectivity index (χ4v) is 1.77. The number of aryl methyl sites for hydroxylation is 1. The second-order valence-corrected chi connectivity index (χ2v) is 5.80. The molecule has 0 bridgehead atoms. The summed E-state index contributed by atoms with van der Waals surface area (Å²) in [4.78, 5) is 15.7. The lowest BCUT2D eigenvalue weighted by molar-refractivity contribution is 0.0522. The molecule has 2 aromatic rings. The van der Waals surface area contributed by atoms with Gasteiger partial charge in [-0.2, -0.15) is 0 Å². The standard InChI is InChI=1S/C14H20N4O3/c1-10-5-12(21-17-10)8-18-9-15-6-11(18)7-16-13(19)20-14(2,3)4/h5-6,9H,7-8H2,1-4H3,(H,16,19). The van der Waals surface area contributed by atoms with Crippen LogP contribution in [-0.2, 0) is 17.8 Å². The van der Waals surface area contributed by atoms with Crippen molar-refractivity contribution in [3.05, 3.63) is 35.7 Å². The van der Waals surface area contributed by atoms with Gasteiger partial charge in [0.1, 0.15) is 5.60 Å². The average molecular weight is 292 g/mol. The molecule has 0 saturated heterocycles. The second-order valence-electron chi connectivity index (χ2n) is 5.80. The maximum Gasteiger partial charge on any atom is 0.407 e. The maximum absolute atomic E-state index is 11.6. The summed E-state index contributed by atoms with van der Waals surface area (Å²) >= 11 is 0. The minimum atomic E-state index is -0.512. The summed E-state index contributed by atoms with van der Waals surface area (Å²) in [6, 6.07) is 1.87. The SMILES string of the molecule is Cc1cc(Cn2cncc2CNC(=O)OC(C)(C)C)on1. The third-order valence-electron chi connectivity index (χ3n) is 2.61. The zero-order valence-corrected chi connectivity index (χ0v) is 12.7. The minimum Gasteiger partial charge on any atom is -0.444 e. The molecule has 21 heavy (non-hydrogen) atoms. The van der Waals surface area contributed by atoms with Gasteiger partial charge in [0, 0.05) is 12.3 Å². The van der Waals surface area contributed by atoms with Crippen molar-refractivity contribution in [1.82, 2.24) is 20.0 Å². The highest BCUT2D eigenvalue weighted by atomic mass is 16.6. The number of hydrogen-bond acceptors (Lipinski definition) is 5. The quantitative estimate of drug-likeness (QED) is 0.934. The van der Waals surface area contributed by atoms with Crippen LogP contribution >= 0.6 is 0 Å². The molecule has 0 radical (unpaired) electrons. The van der Waals surface area contributed by atoms with Gasteiger partial charge >= 0.3 is 6.09 Å². The first-order valence-corrected chi connectivity index (χ1v) is 6.71. The molecule has 1 amide bonds. The molecular weight excluding hydrogens is 272 g/mol. The molecule has 2 heterocycles. The number of carbonyl (C=O) groups is 1. The molecule has 0 unspecified atom stereocenters. The number of nitrogens with one attached hydrogen (secondary N) is 1. The fraction of sp³-hybridized carbons (Fsp3) is 0.500. The number of carbonyl (C=O) groups excluding carboxylic acids is 1. The van der Waals surface area contributed by atoms with E-state index >= 15 is 0 Å². The van der Waals surface area contributed by atoms with Gasteiger partial charge in [0.2, 0.25) is 0 Å². The monoisotopic (exact) mass is 292 g/mol. The Labute approximate surface area is 123 Å². The highest BCUT2D eigenvalue weighted by molar-refractivity contribution is 5.67. The fourth-order valence-electron chi connectivity index (χ4n) is 1.77. The van der Waals surface area contributed by atoms with Gasteiger partial charge in [-0.05, 0) is 27.7 Å². The number of nitrogens with zero attached hydrogens (tertiary/aromatic N) is 3. The van der Waals surface area contributed by atoms with E-state index in [1.54, 1.807) is 12.5 Å². The van der Waals surface area contributed by atoms with E-state index in [1.165, 1.54) is 0 Å². The first-order chi connectivity index (χ1) is 9.83. The summed E-state index contributed by atoms with van der Waals surface area (Å²) in [5.74, 6) is 0.740. The molecule has 114 valence electrons. The van der Waals surface area contributed by atoms with Gasteiger partial charge < -0.3 is 19.1 Å². The molecule has 7 nitrogen and oxygen atoms in total. The summed E-state index contributed by atoms with van der Waals surface area (Å²) in [5.41, 5.74) is 1.18. The molecule has 1 N–H and O–H groups in total. The number of rotatable bonds is 4. The van der Waals surface area contributed by atoms with Crippen molar-refractivity contribution in [2.24, 2.45) is 0 Å². The van der Waals surface area contributed by atoms with Crippen molar-refractivity contribution in [2.45, 2.75) is 46.4 Å². The van der Waals surface area contributed by atoms with Crippen LogP contribution in [0.15, 0.2) is 23.1 Å². The van der Waals surface area contributed by atoms with Crippen molar-refractivity contribution in [3.63, 3.8) is 0 Å². The minimum absolute atomic E-state index is 0.335. The number of amides is 1. The summed E-state index contributed by atoms with van der Waals surface area (Å²) < 4.78 is 12.2. The van der Waals surface area contributed by atoms with Crippen LogP contribution in [0.25, 0.3) is 0 Å². The summed E-state index contributed by atoms with van der Waals surface area (Å²) in [6.45, 7) is 8.19. The Kier molecular flexibility index (Phi) is 4.30. The molecule has 0 spiro atoms. The molecule has 0 aromatic carbocycles. The lowest BCUT2D eigenvalue weighted by Crippen LogP contribution is -2.32. The Morgan fingerprint density at radius 1 is 1.48 bits per heavy atom. The van der Waals surface area contributed by atoms with E-state index in [1.807, 2.05) is 38.3 Å². The van der Waals surface area contributed by atoms with Crippen molar-refractivity contribution in [2.75, 3.05) is 0 Å². The van der Waals surface area contributed by atoms with Crippen LogP contribution in [0.1, 0.15) is 37.9 Å². The number of hydrogen-bond donors (Lipinski definition) is 1. The van der Waals surface area contributed by atoms with Crippen LogP contribution in [0, 0.1) is 6.92 Å². The van der Waals surface area contributed by atoms with E-state index in [2.05, 4.69) is 15.5 Å². The molecule has 2 aromatic heterocycles. The van der Waals surface area contributed by atoms with Gasteiger partial charge in [-0.3, -0.25) is 0 Å². The van der Waals surface area contributed by atoms with E-state index in [9.17, 15) is 4.79 Å². The Morgan fingerprint density at radius 3 is 2.86 bits per heavy atom. The Morgan fingerprint density at radius 2 is 2.24 bits per heavy atom. The lowest BCUT2D eigenvalue weighted by Gasteiger charge is -2.19. The zero-order chi connectivity index (χ0) is 15.5. The van der Waals surface area contributed by atoms with Gasteiger partial charge in [0.25, 0.3) is 0 Å². The Bertz CT molecular complexity index is 610. The van der Waals surface area contributed by atoms with Gasteiger partial charge in [-0.15, -0.1) is 0 Å². The normalized spacial score (nSPS) is 11.4. The molecule has 0 fully saturated rings. The molecule has 0 saturated carbocycles. The summed E-state index contributed by atoms with van der Waals surface area (Å²) in [6.07, 6.45) is 2.93. The summed E-state index contributed by atoms with van der Waals surface area (Å²) in [7, 11) is 0. The molecular formula is C14H20N4O3. The van der Waals surface area contributed by atoms with Crippen LogP contribution in [0.3, 0.4) is 0 Å². The number of imidazole rings is 1. The molecule has 0 aliphatic rings. The van der Waals surface area contributed by atoms with E-state index < -0.39 is 11.7 Å². The van der Waals surface area contributed by atoms with Gasteiger partial charge in [-0.25, -0.2) is 9.78 Å². The third-order valence-corrected chi connectivity index (χ3v) is 2.61. The van der Waals surface area contributed by atoms with E-state index in [0.717, 1.165) is 17.1 Å². The van der Waals surface area contributed by atoms with Gasteiger partial charge in [0.05, 0.1) is 30.8 Å². The molecule has 0 aliphatic carbocycles.